The van der Waals surface area contributed by atoms with Crippen molar-refractivity contribution in [2.75, 3.05) is 57.8 Å². The lowest BCUT2D eigenvalue weighted by atomic mass is 10.2. The van der Waals surface area contributed by atoms with Crippen molar-refractivity contribution in [2.45, 2.75) is 130 Å². The van der Waals surface area contributed by atoms with Gasteiger partial charge in [0.1, 0.15) is 29.1 Å². The highest BCUT2D eigenvalue weighted by Gasteiger charge is 2.20. The monoisotopic (exact) mass is 776 g/mol. The summed E-state index contributed by atoms with van der Waals surface area (Å²) in [4.78, 5) is 69.4. The van der Waals surface area contributed by atoms with E-state index in [1.165, 1.54) is 0 Å². The van der Waals surface area contributed by atoms with Crippen molar-refractivity contribution in [3.63, 3.8) is 0 Å². The van der Waals surface area contributed by atoms with Crippen LogP contribution in [-0.2, 0) is 23.8 Å². The van der Waals surface area contributed by atoms with Gasteiger partial charge >= 0.3 is 18.3 Å². The standard InChI is InChI=1S/C40H69N7O8/c1-38(2,3)53-35(50)43-25-20-28-47(31-21-14-13-15-22-31)27-19-17-24-42-34(49)29-33(48)41-23-16-11-12-18-26-46(10)32(45-37(52)55-40(7,8)9)30-44-36(51)54-39(4,5)6/h13-15,21-22H,11-12,16-20,23-30H2,1-10H3,(H,41,48)(H,42,49)(H,43,50)(H,44,51). The molecular weight excluding hydrogens is 706 g/mol. The van der Waals surface area contributed by atoms with Gasteiger partial charge in [-0.1, -0.05) is 31.0 Å². The predicted octanol–water partition coefficient (Wildman–Crippen LogP) is 6.16. The molecule has 0 bridgehead atoms. The molecule has 0 aliphatic carbocycles. The number of nitrogens with one attached hydrogen (secondary N) is 4. The van der Waals surface area contributed by atoms with Crippen molar-refractivity contribution >= 4 is 41.6 Å². The number of rotatable bonds is 21. The fourth-order valence-corrected chi connectivity index (χ4v) is 5.01. The third-order valence-electron chi connectivity index (χ3n) is 7.48. The van der Waals surface area contributed by atoms with Gasteiger partial charge in [0.25, 0.3) is 0 Å². The Morgan fingerprint density at radius 3 is 1.62 bits per heavy atom. The Kier molecular flexibility index (Phi) is 21.8. The SMILES string of the molecule is CN(CCCCCCNC(=O)CC(=O)NCCCCN(CCCNC(=O)OC(C)(C)C)c1ccccc1)C(CNC(=O)OC(C)(C)C)=NC(=O)OC(C)(C)C. The maximum atomic E-state index is 12.4. The van der Waals surface area contributed by atoms with Crippen molar-refractivity contribution in [2.24, 2.45) is 4.99 Å². The molecule has 5 amide bonds. The van der Waals surface area contributed by atoms with Crippen LogP contribution in [0.4, 0.5) is 20.1 Å². The van der Waals surface area contributed by atoms with Gasteiger partial charge in [-0.3, -0.25) is 9.59 Å². The Hall–Kier alpha value is -4.56. The molecule has 0 atom stereocenters. The number of para-hydroxylation sites is 1. The summed E-state index contributed by atoms with van der Waals surface area (Å²) >= 11 is 0. The van der Waals surface area contributed by atoms with E-state index in [4.69, 9.17) is 14.2 Å². The lowest BCUT2D eigenvalue weighted by molar-refractivity contribution is -0.129. The summed E-state index contributed by atoms with van der Waals surface area (Å²) in [5, 5.41) is 11.1. The van der Waals surface area contributed by atoms with E-state index in [2.05, 4.69) is 43.3 Å². The average molecular weight is 776 g/mol. The van der Waals surface area contributed by atoms with Crippen LogP contribution in [-0.4, -0.2) is 110 Å². The fourth-order valence-electron chi connectivity index (χ4n) is 5.01. The number of hydrogen-bond acceptors (Lipinski definition) is 9. The molecule has 0 saturated heterocycles. The largest absolute Gasteiger partial charge is 0.444 e. The molecule has 1 aromatic rings. The lowest BCUT2D eigenvalue weighted by Gasteiger charge is -2.25. The molecule has 0 aliphatic heterocycles. The number of unbranched alkanes of at least 4 members (excludes halogenated alkanes) is 4. The van der Waals surface area contributed by atoms with Gasteiger partial charge in [0, 0.05) is 52.0 Å². The minimum absolute atomic E-state index is 0.00483. The van der Waals surface area contributed by atoms with Crippen LogP contribution >= 0.6 is 0 Å². The number of likely N-dealkylation sites (N-methyl/N-ethyl adjacent to an activating group) is 1. The summed E-state index contributed by atoms with van der Waals surface area (Å²) in [5.74, 6) is -0.270. The zero-order chi connectivity index (χ0) is 41.5. The topological polar surface area (TPSA) is 180 Å². The van der Waals surface area contributed by atoms with E-state index in [0.29, 0.717) is 32.0 Å². The Balaban J connectivity index is 2.34. The molecule has 0 heterocycles. The number of amides is 5. The minimum Gasteiger partial charge on any atom is -0.444 e. The molecule has 0 aliphatic rings. The van der Waals surface area contributed by atoms with Gasteiger partial charge in [-0.25, -0.2) is 14.4 Å². The Morgan fingerprint density at radius 1 is 0.582 bits per heavy atom. The van der Waals surface area contributed by atoms with Crippen molar-refractivity contribution in [1.29, 1.82) is 0 Å². The highest BCUT2D eigenvalue weighted by molar-refractivity contribution is 5.96. The summed E-state index contributed by atoms with van der Waals surface area (Å²) in [6.45, 7) is 19.6. The zero-order valence-corrected chi connectivity index (χ0v) is 35.1. The minimum atomic E-state index is -0.741. The molecule has 55 heavy (non-hydrogen) atoms. The van der Waals surface area contributed by atoms with Gasteiger partial charge in [0.2, 0.25) is 11.8 Å². The van der Waals surface area contributed by atoms with E-state index in [1.807, 2.05) is 39.0 Å². The third-order valence-corrected chi connectivity index (χ3v) is 7.48. The summed E-state index contributed by atoms with van der Waals surface area (Å²) < 4.78 is 15.9. The molecule has 0 fully saturated rings. The molecule has 312 valence electrons. The Labute approximate surface area is 329 Å². The van der Waals surface area contributed by atoms with Crippen molar-refractivity contribution in [1.82, 2.24) is 26.2 Å². The molecule has 4 N–H and O–H groups in total. The molecule has 0 radical (unpaired) electrons. The number of benzene rings is 1. The van der Waals surface area contributed by atoms with Crippen LogP contribution in [0, 0.1) is 0 Å². The second-order valence-electron chi connectivity index (χ2n) is 16.4. The summed E-state index contributed by atoms with van der Waals surface area (Å²) in [6.07, 6.45) is 3.63. The molecule has 0 spiro atoms. The number of anilines is 1. The van der Waals surface area contributed by atoms with Crippen LogP contribution in [0.5, 0.6) is 0 Å². The summed E-state index contributed by atoms with van der Waals surface area (Å²) in [6, 6.07) is 10.1. The van der Waals surface area contributed by atoms with Crippen molar-refractivity contribution < 1.29 is 38.2 Å². The van der Waals surface area contributed by atoms with Crippen molar-refractivity contribution in [3.8, 4) is 0 Å². The maximum absolute atomic E-state index is 12.4. The quantitative estimate of drug-likeness (QED) is 0.0372. The molecular formula is C40H69N7O8. The van der Waals surface area contributed by atoms with Crippen LogP contribution in [0.25, 0.3) is 0 Å². The van der Waals surface area contributed by atoms with Gasteiger partial charge in [-0.05, 0) is 107 Å². The average Bonchev–Trinajstić information content (AvgIpc) is 3.04. The van der Waals surface area contributed by atoms with Gasteiger partial charge in [0.05, 0.1) is 6.54 Å². The third kappa shape index (κ3) is 26.8. The van der Waals surface area contributed by atoms with Crippen LogP contribution in [0.1, 0.15) is 114 Å². The van der Waals surface area contributed by atoms with E-state index in [0.717, 1.165) is 63.7 Å². The Morgan fingerprint density at radius 2 is 1.05 bits per heavy atom. The highest BCUT2D eigenvalue weighted by atomic mass is 16.6. The highest BCUT2D eigenvalue weighted by Crippen LogP contribution is 2.15. The number of carbonyl (C=O) groups is 5. The number of alkyl carbamates (subject to hydrolysis) is 2. The number of hydrogen-bond donors (Lipinski definition) is 4. The van der Waals surface area contributed by atoms with Crippen molar-refractivity contribution in [3.05, 3.63) is 30.3 Å². The van der Waals surface area contributed by atoms with E-state index in [9.17, 15) is 24.0 Å². The number of aliphatic imine (C=N–C) groups is 1. The molecule has 0 unspecified atom stereocenters. The first-order valence-corrected chi connectivity index (χ1v) is 19.4. The second kappa shape index (κ2) is 24.8. The van der Waals surface area contributed by atoms with Gasteiger partial charge in [-0.2, -0.15) is 4.99 Å². The van der Waals surface area contributed by atoms with Gasteiger partial charge < -0.3 is 45.3 Å². The van der Waals surface area contributed by atoms with E-state index in [1.54, 1.807) is 53.5 Å². The number of ether oxygens (including phenoxy) is 3. The zero-order valence-electron chi connectivity index (χ0n) is 35.1. The van der Waals surface area contributed by atoms with Crippen LogP contribution < -0.4 is 26.2 Å². The Bertz CT molecular complexity index is 1350. The molecule has 15 nitrogen and oxygen atoms in total. The first kappa shape index (κ1) is 48.5. The summed E-state index contributed by atoms with van der Waals surface area (Å²) in [7, 11) is 1.79. The molecule has 1 rings (SSSR count). The molecule has 0 saturated carbocycles. The van der Waals surface area contributed by atoms with E-state index < -0.39 is 35.1 Å². The summed E-state index contributed by atoms with van der Waals surface area (Å²) in [5.41, 5.74) is -0.814. The number of carbonyl (C=O) groups excluding carboxylic acids is 5. The lowest BCUT2D eigenvalue weighted by Crippen LogP contribution is -2.41. The van der Waals surface area contributed by atoms with E-state index in [-0.39, 0.29) is 24.8 Å². The molecule has 15 heteroatoms. The predicted molar refractivity (Wildman–Crippen MR) is 216 cm³/mol. The van der Waals surface area contributed by atoms with Gasteiger partial charge in [0.15, 0.2) is 0 Å². The normalized spacial score (nSPS) is 11.9. The molecule has 1 aromatic carbocycles. The van der Waals surface area contributed by atoms with Crippen LogP contribution in [0.2, 0.25) is 0 Å². The molecule has 0 aromatic heterocycles. The maximum Gasteiger partial charge on any atom is 0.435 e. The number of nitrogens with zero attached hydrogens (tertiary/aromatic N) is 3. The van der Waals surface area contributed by atoms with Crippen LogP contribution in [0.15, 0.2) is 35.3 Å². The first-order valence-electron chi connectivity index (χ1n) is 19.4. The fraction of sp³-hybridized carbons (Fsp3) is 0.700. The van der Waals surface area contributed by atoms with E-state index >= 15 is 0 Å². The second-order valence-corrected chi connectivity index (χ2v) is 16.4. The first-order chi connectivity index (χ1) is 25.6. The number of amidine groups is 1. The smallest absolute Gasteiger partial charge is 0.435 e. The van der Waals surface area contributed by atoms with Gasteiger partial charge in [-0.15, -0.1) is 0 Å². The van der Waals surface area contributed by atoms with Crippen LogP contribution in [0.3, 0.4) is 0 Å².